The number of ketones is 1. The van der Waals surface area contributed by atoms with Gasteiger partial charge >= 0.3 is 0 Å². The van der Waals surface area contributed by atoms with Crippen molar-refractivity contribution in [1.82, 2.24) is 0 Å². The average molecular weight is 498 g/mol. The summed E-state index contributed by atoms with van der Waals surface area (Å²) in [6.07, 6.45) is 0. The molecule has 0 atom stereocenters. The molecule has 6 aromatic rings. The normalized spacial score (nSPS) is 12.1. The third kappa shape index (κ3) is 4.10. The van der Waals surface area contributed by atoms with E-state index in [1.54, 1.807) is 14.0 Å². The third-order valence-electron chi connectivity index (χ3n) is 7.01. The van der Waals surface area contributed by atoms with Crippen molar-refractivity contribution in [3.05, 3.63) is 121 Å². The second kappa shape index (κ2) is 9.56. The summed E-state index contributed by atoms with van der Waals surface area (Å²) < 4.78 is 11.5. The minimum atomic E-state index is -0.0218. The highest BCUT2D eigenvalue weighted by atomic mass is 16.5. The van der Waals surface area contributed by atoms with E-state index in [2.05, 4.69) is 65.6 Å². The van der Waals surface area contributed by atoms with Crippen molar-refractivity contribution < 1.29 is 13.9 Å². The highest BCUT2D eigenvalue weighted by Crippen LogP contribution is 2.39. The van der Waals surface area contributed by atoms with E-state index in [-0.39, 0.29) is 5.78 Å². The zero-order valence-electron chi connectivity index (χ0n) is 21.6. The fourth-order valence-electron chi connectivity index (χ4n) is 5.16. The summed E-state index contributed by atoms with van der Waals surface area (Å²) in [5.41, 5.74) is 6.29. The maximum Gasteiger partial charge on any atom is 0.163 e. The minimum absolute atomic E-state index is 0.0218. The summed E-state index contributed by atoms with van der Waals surface area (Å²) >= 11 is 0. The first-order valence-electron chi connectivity index (χ1n) is 12.6. The Labute approximate surface area is 221 Å². The Kier molecular flexibility index (Phi) is 5.93. The Morgan fingerprint density at radius 1 is 0.658 bits per heavy atom. The Hall–Kier alpha value is -4.83. The molecule has 6 rings (SSSR count). The van der Waals surface area contributed by atoms with Gasteiger partial charge in [-0.3, -0.25) is 4.79 Å². The van der Waals surface area contributed by atoms with Gasteiger partial charge in [0.1, 0.15) is 16.9 Å². The van der Waals surface area contributed by atoms with E-state index in [1.165, 1.54) is 0 Å². The lowest BCUT2D eigenvalue weighted by Crippen LogP contribution is -2.09. The smallest absolute Gasteiger partial charge is 0.163 e. The molecule has 0 fully saturated rings. The number of ether oxygens (including phenoxy) is 1. The van der Waals surface area contributed by atoms with Gasteiger partial charge in [0.25, 0.3) is 0 Å². The highest BCUT2D eigenvalue weighted by molar-refractivity contribution is 6.20. The number of rotatable bonds is 6. The molecule has 4 nitrogen and oxygen atoms in total. The zero-order valence-corrected chi connectivity index (χ0v) is 21.6. The molecular formula is C34H27NO3. The molecule has 0 radical (unpaired) electrons. The number of para-hydroxylation sites is 2. The van der Waals surface area contributed by atoms with Gasteiger partial charge in [0.2, 0.25) is 0 Å². The lowest BCUT2D eigenvalue weighted by atomic mass is 9.97. The van der Waals surface area contributed by atoms with Gasteiger partial charge in [-0.15, -0.1) is 0 Å². The minimum Gasteiger partial charge on any atom is -0.501 e. The highest BCUT2D eigenvalue weighted by Gasteiger charge is 2.17. The Morgan fingerprint density at radius 3 is 2.13 bits per heavy atom. The van der Waals surface area contributed by atoms with Crippen LogP contribution in [0.2, 0.25) is 0 Å². The molecule has 0 aliphatic heterocycles. The summed E-state index contributed by atoms with van der Waals surface area (Å²) in [6, 6.07) is 37.3. The van der Waals surface area contributed by atoms with Gasteiger partial charge in [0.15, 0.2) is 5.78 Å². The van der Waals surface area contributed by atoms with E-state index >= 15 is 0 Å². The Balaban J connectivity index is 1.54. The molecule has 0 spiro atoms. The molecular weight excluding hydrogens is 470 g/mol. The van der Waals surface area contributed by atoms with Crippen molar-refractivity contribution >= 4 is 61.1 Å². The number of anilines is 3. The summed E-state index contributed by atoms with van der Waals surface area (Å²) in [5.74, 6) is 0.589. The number of carbonyl (C=O) groups excluding carboxylic acids is 1. The molecule has 1 aromatic heterocycles. The predicted octanol–water partition coefficient (Wildman–Crippen LogP) is 9.18. The van der Waals surface area contributed by atoms with Crippen LogP contribution >= 0.6 is 0 Å². The van der Waals surface area contributed by atoms with E-state index in [1.807, 2.05) is 55.5 Å². The standard InChI is InChI=1S/C34H27NO3/c1-22(36)34(23(2)37-3)25-14-13-24-15-16-28(20-26(24)19-25)35(27-9-5-4-6-10-27)29-17-18-33-31(21-29)30-11-7-8-12-32(30)38-33/h4-21H,1-3H3/b34-23+. The summed E-state index contributed by atoms with van der Waals surface area (Å²) in [5, 5.41) is 4.31. The molecule has 0 saturated heterocycles. The number of fused-ring (bicyclic) bond motifs is 4. The number of hydrogen-bond donors (Lipinski definition) is 0. The molecule has 0 aliphatic carbocycles. The first kappa shape index (κ1) is 23.6. The number of methoxy groups -OCH3 is 1. The molecule has 38 heavy (non-hydrogen) atoms. The van der Waals surface area contributed by atoms with Crippen LogP contribution in [0.3, 0.4) is 0 Å². The number of benzene rings is 5. The number of carbonyl (C=O) groups is 1. The summed E-state index contributed by atoms with van der Waals surface area (Å²) in [7, 11) is 1.59. The lowest BCUT2D eigenvalue weighted by molar-refractivity contribution is -0.111. The predicted molar refractivity (Wildman–Crippen MR) is 156 cm³/mol. The second-order valence-electron chi connectivity index (χ2n) is 9.39. The number of furan rings is 1. The molecule has 0 aliphatic rings. The fourth-order valence-corrected chi connectivity index (χ4v) is 5.16. The third-order valence-corrected chi connectivity index (χ3v) is 7.01. The van der Waals surface area contributed by atoms with Crippen LogP contribution in [0.1, 0.15) is 19.4 Å². The molecule has 1 heterocycles. The van der Waals surface area contributed by atoms with E-state index in [0.29, 0.717) is 11.3 Å². The van der Waals surface area contributed by atoms with Crippen LogP contribution < -0.4 is 4.90 Å². The van der Waals surface area contributed by atoms with Gasteiger partial charge in [-0.1, -0.05) is 54.6 Å². The molecule has 0 saturated carbocycles. The number of hydrogen-bond acceptors (Lipinski definition) is 4. The first-order valence-corrected chi connectivity index (χ1v) is 12.6. The van der Waals surface area contributed by atoms with Gasteiger partial charge in [0, 0.05) is 27.8 Å². The molecule has 0 N–H and O–H groups in total. The van der Waals surface area contributed by atoms with Crippen molar-refractivity contribution in [2.75, 3.05) is 12.0 Å². The van der Waals surface area contributed by atoms with E-state index < -0.39 is 0 Å². The fraction of sp³-hybridized carbons (Fsp3) is 0.0882. The molecule has 5 aromatic carbocycles. The quantitative estimate of drug-likeness (QED) is 0.170. The molecule has 186 valence electrons. The van der Waals surface area contributed by atoms with E-state index in [0.717, 1.165) is 55.3 Å². The topological polar surface area (TPSA) is 42.7 Å². The van der Waals surface area contributed by atoms with Gasteiger partial charge in [-0.25, -0.2) is 0 Å². The van der Waals surface area contributed by atoms with Crippen molar-refractivity contribution in [2.24, 2.45) is 0 Å². The molecule has 0 unspecified atom stereocenters. The van der Waals surface area contributed by atoms with Crippen LogP contribution in [0.25, 0.3) is 38.3 Å². The van der Waals surface area contributed by atoms with Gasteiger partial charge in [-0.05, 0) is 84.8 Å². The van der Waals surface area contributed by atoms with Crippen LogP contribution in [0, 0.1) is 0 Å². The largest absolute Gasteiger partial charge is 0.501 e. The average Bonchev–Trinajstić information content (AvgIpc) is 3.31. The van der Waals surface area contributed by atoms with Crippen molar-refractivity contribution in [3.63, 3.8) is 0 Å². The second-order valence-corrected chi connectivity index (χ2v) is 9.39. The maximum absolute atomic E-state index is 12.5. The van der Waals surface area contributed by atoms with Crippen LogP contribution in [0.5, 0.6) is 0 Å². The van der Waals surface area contributed by atoms with Gasteiger partial charge in [0.05, 0.1) is 12.7 Å². The molecule has 0 amide bonds. The van der Waals surface area contributed by atoms with Crippen molar-refractivity contribution in [1.29, 1.82) is 0 Å². The maximum atomic E-state index is 12.5. The zero-order chi connectivity index (χ0) is 26.2. The lowest BCUT2D eigenvalue weighted by Gasteiger charge is -2.26. The number of allylic oxidation sites excluding steroid dienone is 2. The summed E-state index contributed by atoms with van der Waals surface area (Å²) in [6.45, 7) is 3.40. The monoisotopic (exact) mass is 497 g/mol. The van der Waals surface area contributed by atoms with Crippen LogP contribution in [0.15, 0.2) is 119 Å². The van der Waals surface area contributed by atoms with Crippen LogP contribution in [-0.2, 0) is 9.53 Å². The van der Waals surface area contributed by atoms with Crippen LogP contribution in [0.4, 0.5) is 17.1 Å². The van der Waals surface area contributed by atoms with Crippen molar-refractivity contribution in [2.45, 2.75) is 13.8 Å². The number of Topliss-reactive ketones (excluding diaryl/α,β-unsaturated/α-hetero) is 1. The SMILES string of the molecule is CO/C(C)=C(\C(C)=O)c1ccc2ccc(N(c3ccccc3)c3ccc4oc5ccccc5c4c3)cc2c1. The van der Waals surface area contributed by atoms with E-state index in [4.69, 9.17) is 9.15 Å². The number of nitrogens with zero attached hydrogens (tertiary/aromatic N) is 1. The van der Waals surface area contributed by atoms with Crippen LogP contribution in [-0.4, -0.2) is 12.9 Å². The first-order chi connectivity index (χ1) is 18.5. The Bertz CT molecular complexity index is 1850. The van der Waals surface area contributed by atoms with Crippen molar-refractivity contribution in [3.8, 4) is 0 Å². The molecule has 4 heteroatoms. The Morgan fingerprint density at radius 2 is 1.34 bits per heavy atom. The summed E-state index contributed by atoms with van der Waals surface area (Å²) in [4.78, 5) is 14.7. The van der Waals surface area contributed by atoms with Gasteiger partial charge in [-0.2, -0.15) is 0 Å². The van der Waals surface area contributed by atoms with E-state index in [9.17, 15) is 4.79 Å². The van der Waals surface area contributed by atoms with Gasteiger partial charge < -0.3 is 14.1 Å². The molecule has 0 bridgehead atoms.